The van der Waals surface area contributed by atoms with Gasteiger partial charge in [0.25, 0.3) is 0 Å². The second kappa shape index (κ2) is 7.86. The van der Waals surface area contributed by atoms with Crippen LogP contribution in [0.15, 0.2) is 53.5 Å². The zero-order valence-corrected chi connectivity index (χ0v) is 21.9. The van der Waals surface area contributed by atoms with Gasteiger partial charge in [0.1, 0.15) is 29.5 Å². The van der Waals surface area contributed by atoms with Crippen LogP contribution in [0.2, 0.25) is 0 Å². The summed E-state index contributed by atoms with van der Waals surface area (Å²) in [4.78, 5) is 0. The van der Waals surface area contributed by atoms with Crippen molar-refractivity contribution in [1.82, 2.24) is 4.48 Å². The van der Waals surface area contributed by atoms with Gasteiger partial charge in [-0.3, -0.25) is 4.48 Å². The molecule has 0 spiro atoms. The number of hydrogen-bond donors (Lipinski definition) is 0. The number of nitrogens with zero attached hydrogens (tertiary/aromatic N) is 3. The van der Waals surface area contributed by atoms with Gasteiger partial charge in [-0.25, -0.2) is 0 Å². The lowest BCUT2D eigenvalue weighted by Gasteiger charge is -2.53. The molecule has 1 unspecified atom stereocenters. The van der Waals surface area contributed by atoms with Crippen LogP contribution in [0.25, 0.3) is 0 Å². The summed E-state index contributed by atoms with van der Waals surface area (Å²) in [5, 5.41) is 19.1. The van der Waals surface area contributed by atoms with Crippen molar-refractivity contribution in [2.75, 3.05) is 13.1 Å². The van der Waals surface area contributed by atoms with Gasteiger partial charge in [0, 0.05) is 45.8 Å². The summed E-state index contributed by atoms with van der Waals surface area (Å²) in [6.45, 7) is 22.4. The molecule has 4 nitrogen and oxygen atoms in total. The average Bonchev–Trinajstić information content (AvgIpc) is 2.78. The molecule has 4 heteroatoms. The fourth-order valence-electron chi connectivity index (χ4n) is 6.10. The summed E-state index contributed by atoms with van der Waals surface area (Å²) in [6, 6.07) is 11.0. The number of quaternary nitrogens is 1. The largest absolute Gasteiger partial charge is 0.480 e. The number of hydrogen-bond acceptors (Lipinski definition) is 3. The van der Waals surface area contributed by atoms with E-state index in [0.717, 1.165) is 47.4 Å². The van der Waals surface area contributed by atoms with Crippen molar-refractivity contribution in [3.8, 4) is 12.1 Å². The van der Waals surface area contributed by atoms with Gasteiger partial charge in [0.15, 0.2) is 11.5 Å². The monoisotopic (exact) mass is 456 g/mol. The van der Waals surface area contributed by atoms with E-state index in [1.165, 1.54) is 16.8 Å². The Morgan fingerprint density at radius 1 is 1.03 bits per heavy atom. The third-order valence-electron chi connectivity index (χ3n) is 8.36. The molecule has 0 aromatic heterocycles. The van der Waals surface area contributed by atoms with Gasteiger partial charge in [-0.15, -0.1) is 0 Å². The summed E-state index contributed by atoms with van der Waals surface area (Å²) in [5.74, 6) is 0.819. The van der Waals surface area contributed by atoms with Crippen molar-refractivity contribution in [3.63, 3.8) is 0 Å². The van der Waals surface area contributed by atoms with E-state index in [1.807, 2.05) is 6.08 Å². The Bertz CT molecular complexity index is 1140. The fourth-order valence-corrected chi connectivity index (χ4v) is 6.10. The molecular formula is C30H38N3O+. The van der Waals surface area contributed by atoms with Crippen LogP contribution in [-0.4, -0.2) is 19.2 Å². The average molecular weight is 457 g/mol. The van der Waals surface area contributed by atoms with Crippen LogP contribution in [0, 0.1) is 28.1 Å². The number of benzene rings is 1. The normalized spacial score (nSPS) is 24.0. The van der Waals surface area contributed by atoms with Crippen LogP contribution >= 0.6 is 0 Å². The third kappa shape index (κ3) is 3.60. The molecule has 0 radical (unpaired) electrons. The molecule has 1 aromatic rings. The lowest BCUT2D eigenvalue weighted by molar-refractivity contribution is 0.0427. The van der Waals surface area contributed by atoms with E-state index in [0.29, 0.717) is 6.42 Å². The van der Waals surface area contributed by atoms with Crippen LogP contribution < -0.4 is 4.48 Å². The quantitative estimate of drug-likeness (QED) is 0.358. The minimum Gasteiger partial charge on any atom is -0.480 e. The van der Waals surface area contributed by atoms with Crippen LogP contribution in [0.5, 0.6) is 0 Å². The van der Waals surface area contributed by atoms with Gasteiger partial charge in [0.2, 0.25) is 0 Å². The molecule has 0 bridgehead atoms. The van der Waals surface area contributed by atoms with Gasteiger partial charge in [0.05, 0.1) is 13.1 Å². The maximum absolute atomic E-state index is 9.54. The standard InChI is InChI=1S/C30H38N3O/c1-20(25-13-12-22(21(18-31)19-32)27(34-25)28(2,3)4)33-16-14-29(5,6)23-10-9-11-24(26(23)33)30(7,8)15-17-33/h9-11,13,27H,1,12,14-17H2,2-8H3/q+1. The number of nitriles is 2. The van der Waals surface area contributed by atoms with Gasteiger partial charge >= 0.3 is 0 Å². The Kier molecular flexibility index (Phi) is 5.62. The molecule has 0 saturated heterocycles. The molecule has 0 amide bonds. The van der Waals surface area contributed by atoms with Crippen molar-refractivity contribution in [1.29, 1.82) is 10.5 Å². The predicted molar refractivity (Wildman–Crippen MR) is 138 cm³/mol. The SMILES string of the molecule is C=C(C1=CCC(=C(C#N)C#N)C(C(C)(C)C)O1)[N+]12CCC(C)(C)c3cccc(c31)C(C)(C)CC2. The number of ether oxygens (including phenoxy) is 1. The molecule has 3 aliphatic rings. The maximum atomic E-state index is 9.54. The lowest BCUT2D eigenvalue weighted by atomic mass is 9.68. The molecule has 0 aliphatic carbocycles. The Morgan fingerprint density at radius 2 is 1.56 bits per heavy atom. The predicted octanol–water partition coefficient (Wildman–Crippen LogP) is 6.93. The topological polar surface area (TPSA) is 56.8 Å². The zero-order chi connectivity index (χ0) is 25.1. The Balaban J connectivity index is 1.86. The van der Waals surface area contributed by atoms with E-state index in [9.17, 15) is 10.5 Å². The van der Waals surface area contributed by atoms with E-state index in [2.05, 4.69) is 85.4 Å². The lowest BCUT2D eigenvalue weighted by Crippen LogP contribution is -2.59. The first-order valence-corrected chi connectivity index (χ1v) is 12.4. The molecule has 3 heterocycles. The Morgan fingerprint density at radius 3 is 2.03 bits per heavy atom. The molecule has 1 atom stereocenters. The van der Waals surface area contributed by atoms with Crippen LogP contribution in [-0.2, 0) is 15.6 Å². The van der Waals surface area contributed by atoms with Gasteiger partial charge in [-0.2, -0.15) is 10.5 Å². The number of allylic oxidation sites excluding steroid dienone is 2. The molecule has 4 rings (SSSR count). The van der Waals surface area contributed by atoms with E-state index in [1.54, 1.807) is 0 Å². The molecule has 0 saturated carbocycles. The first-order chi connectivity index (χ1) is 15.8. The number of rotatable bonds is 2. The smallest absolute Gasteiger partial charge is 0.177 e. The Hall–Kier alpha value is -2.82. The van der Waals surface area contributed by atoms with Crippen molar-refractivity contribution >= 4 is 5.69 Å². The summed E-state index contributed by atoms with van der Waals surface area (Å²) in [5.41, 5.74) is 6.16. The van der Waals surface area contributed by atoms with Gasteiger partial charge < -0.3 is 4.74 Å². The van der Waals surface area contributed by atoms with Crippen molar-refractivity contribution in [3.05, 3.63) is 64.6 Å². The summed E-state index contributed by atoms with van der Waals surface area (Å²) in [7, 11) is 0. The number of para-hydroxylation sites is 1. The van der Waals surface area contributed by atoms with Gasteiger partial charge in [-0.1, -0.05) is 66.7 Å². The third-order valence-corrected chi connectivity index (χ3v) is 8.36. The van der Waals surface area contributed by atoms with E-state index in [4.69, 9.17) is 4.74 Å². The first-order valence-electron chi connectivity index (χ1n) is 12.4. The minimum atomic E-state index is -0.339. The van der Waals surface area contributed by atoms with Gasteiger partial charge in [-0.05, 0) is 19.1 Å². The Labute approximate surface area is 205 Å². The van der Waals surface area contributed by atoms with E-state index < -0.39 is 0 Å². The molecule has 178 valence electrons. The first kappa shape index (κ1) is 24.3. The highest BCUT2D eigenvalue weighted by molar-refractivity contribution is 5.68. The second-order valence-electron chi connectivity index (χ2n) is 12.6. The molecule has 0 fully saturated rings. The minimum absolute atomic E-state index is 0.112. The van der Waals surface area contributed by atoms with E-state index in [-0.39, 0.29) is 27.9 Å². The zero-order valence-electron chi connectivity index (χ0n) is 21.9. The van der Waals surface area contributed by atoms with Crippen molar-refractivity contribution in [2.24, 2.45) is 5.41 Å². The molecular weight excluding hydrogens is 418 g/mol. The molecule has 3 aliphatic heterocycles. The van der Waals surface area contributed by atoms with Crippen LogP contribution in [0.3, 0.4) is 0 Å². The summed E-state index contributed by atoms with van der Waals surface area (Å²) in [6.07, 6.45) is 4.41. The highest BCUT2D eigenvalue weighted by atomic mass is 16.5. The molecule has 1 aromatic carbocycles. The van der Waals surface area contributed by atoms with Crippen LogP contribution in [0.4, 0.5) is 5.69 Å². The molecule has 34 heavy (non-hydrogen) atoms. The summed E-state index contributed by atoms with van der Waals surface area (Å²) < 4.78 is 7.40. The van der Waals surface area contributed by atoms with Crippen molar-refractivity contribution < 1.29 is 4.74 Å². The maximum Gasteiger partial charge on any atom is 0.177 e. The fraction of sp³-hybridized carbons (Fsp3) is 0.533. The molecule has 0 N–H and O–H groups in total. The van der Waals surface area contributed by atoms with Crippen LogP contribution in [0.1, 0.15) is 78.9 Å². The second-order valence-corrected chi connectivity index (χ2v) is 12.6. The van der Waals surface area contributed by atoms with Crippen molar-refractivity contribution in [2.45, 2.75) is 84.7 Å². The summed E-state index contributed by atoms with van der Waals surface area (Å²) >= 11 is 0. The highest BCUT2D eigenvalue weighted by Gasteiger charge is 2.53. The highest BCUT2D eigenvalue weighted by Crippen LogP contribution is 2.55. The van der Waals surface area contributed by atoms with E-state index >= 15 is 0 Å².